The maximum Gasteiger partial charge on any atom is 0.260 e. The first-order chi connectivity index (χ1) is 13.6. The first-order valence-electron chi connectivity index (χ1n) is 9.82. The van der Waals surface area contributed by atoms with Gasteiger partial charge in [-0.1, -0.05) is 18.0 Å². The van der Waals surface area contributed by atoms with Crippen molar-refractivity contribution in [3.63, 3.8) is 0 Å². The third-order valence-electron chi connectivity index (χ3n) is 5.30. The predicted octanol–water partition coefficient (Wildman–Crippen LogP) is 4.68. The molecule has 0 bridgehead atoms. The van der Waals surface area contributed by atoms with Gasteiger partial charge < -0.3 is 4.74 Å². The van der Waals surface area contributed by atoms with E-state index < -0.39 is 6.04 Å². The van der Waals surface area contributed by atoms with Gasteiger partial charge in [-0.05, 0) is 61.9 Å². The molecule has 2 fully saturated rings. The van der Waals surface area contributed by atoms with Gasteiger partial charge in [-0.15, -0.1) is 0 Å². The molecule has 4 rings (SSSR count). The summed E-state index contributed by atoms with van der Waals surface area (Å²) in [6.07, 6.45) is 6.94. The van der Waals surface area contributed by atoms with Gasteiger partial charge in [-0.3, -0.25) is 14.5 Å². The summed E-state index contributed by atoms with van der Waals surface area (Å²) in [5, 5.41) is 0.588. The Labute approximate surface area is 169 Å². The molecule has 1 amide bonds. The molecular weight excluding hydrogens is 376 g/mol. The number of Topliss-reactive ketones (excluding diaryl/α,β-unsaturated/α-hetero) is 1. The molecule has 0 N–H and O–H groups in total. The van der Waals surface area contributed by atoms with Crippen LogP contribution in [-0.2, 0) is 4.79 Å². The van der Waals surface area contributed by atoms with Crippen LogP contribution in [0.2, 0.25) is 5.02 Å². The monoisotopic (exact) mass is 398 g/mol. The van der Waals surface area contributed by atoms with Crippen molar-refractivity contribution in [3.8, 4) is 5.88 Å². The van der Waals surface area contributed by atoms with Gasteiger partial charge in [0, 0.05) is 29.4 Å². The smallest absolute Gasteiger partial charge is 0.260 e. The first-order valence-corrected chi connectivity index (χ1v) is 10.2. The summed E-state index contributed by atoms with van der Waals surface area (Å²) in [6.45, 7) is 0.674. The van der Waals surface area contributed by atoms with Gasteiger partial charge in [0.1, 0.15) is 0 Å². The second-order valence-corrected chi connectivity index (χ2v) is 7.96. The summed E-state index contributed by atoms with van der Waals surface area (Å²) >= 11 is 6.01. The van der Waals surface area contributed by atoms with Crippen molar-refractivity contribution in [2.75, 3.05) is 11.5 Å². The lowest BCUT2D eigenvalue weighted by atomic mass is 9.92. The summed E-state index contributed by atoms with van der Waals surface area (Å²) < 4.78 is 5.65. The molecule has 0 saturated heterocycles. The second kappa shape index (κ2) is 8.31. The van der Waals surface area contributed by atoms with Crippen molar-refractivity contribution in [1.29, 1.82) is 0 Å². The Morgan fingerprint density at radius 1 is 1.11 bits per heavy atom. The number of hydrogen-bond donors (Lipinski definition) is 0. The van der Waals surface area contributed by atoms with E-state index in [2.05, 4.69) is 4.98 Å². The molecule has 146 valence electrons. The van der Waals surface area contributed by atoms with Crippen LogP contribution >= 0.6 is 11.6 Å². The Bertz CT molecular complexity index is 847. The molecule has 2 aliphatic rings. The van der Waals surface area contributed by atoms with Gasteiger partial charge in [0.05, 0.1) is 18.2 Å². The number of hydrogen-bond acceptors (Lipinski definition) is 4. The van der Waals surface area contributed by atoms with Crippen molar-refractivity contribution in [2.24, 2.45) is 5.92 Å². The van der Waals surface area contributed by atoms with Crippen LogP contribution in [0.5, 0.6) is 5.88 Å². The van der Waals surface area contributed by atoms with Gasteiger partial charge >= 0.3 is 0 Å². The van der Waals surface area contributed by atoms with Crippen molar-refractivity contribution in [1.82, 2.24) is 4.98 Å². The third-order valence-corrected chi connectivity index (χ3v) is 5.56. The average Bonchev–Trinajstić information content (AvgIpc) is 3.54. The molecule has 1 aromatic heterocycles. The van der Waals surface area contributed by atoms with Gasteiger partial charge in [-0.25, -0.2) is 4.98 Å². The number of ether oxygens (including phenoxy) is 1. The quantitative estimate of drug-likeness (QED) is 0.708. The van der Waals surface area contributed by atoms with E-state index in [1.165, 1.54) is 19.0 Å². The van der Waals surface area contributed by atoms with Crippen LogP contribution in [-0.4, -0.2) is 29.3 Å². The van der Waals surface area contributed by atoms with E-state index in [0.717, 1.165) is 12.8 Å². The minimum atomic E-state index is -0.451. The van der Waals surface area contributed by atoms with Gasteiger partial charge in [0.25, 0.3) is 5.91 Å². The summed E-state index contributed by atoms with van der Waals surface area (Å²) in [7, 11) is 0. The second-order valence-electron chi connectivity index (χ2n) is 7.52. The predicted molar refractivity (Wildman–Crippen MR) is 108 cm³/mol. The van der Waals surface area contributed by atoms with E-state index in [-0.39, 0.29) is 11.7 Å². The minimum Gasteiger partial charge on any atom is -0.477 e. The van der Waals surface area contributed by atoms with Crippen LogP contribution in [0.15, 0.2) is 42.6 Å². The van der Waals surface area contributed by atoms with Crippen LogP contribution in [0.1, 0.15) is 48.9 Å². The van der Waals surface area contributed by atoms with Crippen LogP contribution in [0.4, 0.5) is 5.69 Å². The van der Waals surface area contributed by atoms with Crippen molar-refractivity contribution >= 4 is 29.0 Å². The molecule has 2 aliphatic carbocycles. The van der Waals surface area contributed by atoms with Crippen LogP contribution in [0, 0.1) is 5.92 Å². The molecule has 0 aliphatic heterocycles. The molecule has 2 saturated carbocycles. The lowest BCUT2D eigenvalue weighted by molar-refractivity contribution is -0.121. The third kappa shape index (κ3) is 4.36. The van der Waals surface area contributed by atoms with E-state index in [0.29, 0.717) is 47.5 Å². The number of benzene rings is 1. The lowest BCUT2D eigenvalue weighted by Crippen LogP contribution is -2.46. The Morgan fingerprint density at radius 3 is 2.54 bits per heavy atom. The maximum absolute atomic E-state index is 13.3. The Kier molecular flexibility index (Phi) is 5.62. The highest BCUT2D eigenvalue weighted by atomic mass is 35.5. The zero-order valence-electron chi connectivity index (χ0n) is 15.6. The molecule has 1 atom stereocenters. The first kappa shape index (κ1) is 18.9. The number of carbonyl (C=O) groups excluding carboxylic acids is 2. The standard InChI is InChI=1S/C22H23ClN2O3/c23-17-8-10-18(11-9-17)25(19-3-1-2-4-20(19)26)22(27)16-7-12-21(24-13-16)28-14-15-5-6-15/h7-13,15,19H,1-6,14H2/t19-/m0/s1. The number of nitrogens with zero attached hydrogens (tertiary/aromatic N) is 2. The van der Waals surface area contributed by atoms with Crippen LogP contribution in [0.25, 0.3) is 0 Å². The molecule has 1 aromatic carbocycles. The molecule has 6 heteroatoms. The van der Waals surface area contributed by atoms with Crippen LogP contribution < -0.4 is 9.64 Å². The summed E-state index contributed by atoms with van der Waals surface area (Å²) in [4.78, 5) is 31.8. The number of carbonyl (C=O) groups is 2. The Hall–Kier alpha value is -2.40. The van der Waals surface area contributed by atoms with E-state index in [9.17, 15) is 9.59 Å². The highest BCUT2D eigenvalue weighted by molar-refractivity contribution is 6.30. The molecule has 5 nitrogen and oxygen atoms in total. The minimum absolute atomic E-state index is 0.104. The van der Waals surface area contributed by atoms with Gasteiger partial charge in [0.2, 0.25) is 5.88 Å². The topological polar surface area (TPSA) is 59.5 Å². The number of rotatable bonds is 6. The fourth-order valence-corrected chi connectivity index (χ4v) is 3.62. The average molecular weight is 399 g/mol. The van der Waals surface area contributed by atoms with Crippen molar-refractivity contribution in [3.05, 3.63) is 53.2 Å². The fourth-order valence-electron chi connectivity index (χ4n) is 3.50. The number of pyridine rings is 1. The van der Waals surface area contributed by atoms with E-state index in [4.69, 9.17) is 16.3 Å². The molecule has 2 aromatic rings. The highest BCUT2D eigenvalue weighted by Crippen LogP contribution is 2.30. The zero-order chi connectivity index (χ0) is 19.5. The highest BCUT2D eigenvalue weighted by Gasteiger charge is 2.33. The van der Waals surface area contributed by atoms with Crippen molar-refractivity contribution < 1.29 is 14.3 Å². The van der Waals surface area contributed by atoms with Crippen molar-refractivity contribution in [2.45, 2.75) is 44.6 Å². The molecule has 0 radical (unpaired) electrons. The van der Waals surface area contributed by atoms with E-state index in [1.54, 1.807) is 41.3 Å². The number of amides is 1. The van der Waals surface area contributed by atoms with Crippen LogP contribution in [0.3, 0.4) is 0 Å². The number of ketones is 1. The molecule has 1 heterocycles. The molecule has 0 spiro atoms. The maximum atomic E-state index is 13.3. The summed E-state index contributed by atoms with van der Waals surface area (Å²) in [5.74, 6) is 1.03. The summed E-state index contributed by atoms with van der Waals surface area (Å²) in [5.41, 5.74) is 1.11. The van der Waals surface area contributed by atoms with E-state index >= 15 is 0 Å². The van der Waals surface area contributed by atoms with Gasteiger partial charge in [0.15, 0.2) is 5.78 Å². The molecule has 28 heavy (non-hydrogen) atoms. The zero-order valence-corrected chi connectivity index (χ0v) is 16.4. The normalized spacial score (nSPS) is 19.3. The molecular formula is C22H23ClN2O3. The van der Waals surface area contributed by atoms with E-state index in [1.807, 2.05) is 0 Å². The fraction of sp³-hybridized carbons (Fsp3) is 0.409. The number of aromatic nitrogens is 1. The Balaban J connectivity index is 1.58. The Morgan fingerprint density at radius 2 is 1.89 bits per heavy atom. The summed E-state index contributed by atoms with van der Waals surface area (Å²) in [6, 6.07) is 10.0. The lowest BCUT2D eigenvalue weighted by Gasteiger charge is -2.33. The largest absolute Gasteiger partial charge is 0.477 e. The number of halogens is 1. The molecule has 0 unspecified atom stereocenters. The number of anilines is 1. The SMILES string of the molecule is O=C1CCCC[C@@H]1N(C(=O)c1ccc(OCC2CC2)nc1)c1ccc(Cl)cc1. The van der Waals surface area contributed by atoms with Gasteiger partial charge in [-0.2, -0.15) is 0 Å².